The smallest absolute Gasteiger partial charge is 0.293 e. The van der Waals surface area contributed by atoms with Crippen LogP contribution in [-0.2, 0) is 0 Å². The number of nitro benzene ring substituents is 1. The van der Waals surface area contributed by atoms with Gasteiger partial charge in [-0.05, 0) is 26.1 Å². The summed E-state index contributed by atoms with van der Waals surface area (Å²) in [6, 6.07) is 12.6. The maximum atomic E-state index is 12.7. The Morgan fingerprint density at radius 1 is 1.13 bits per heavy atom. The van der Waals surface area contributed by atoms with Gasteiger partial charge >= 0.3 is 0 Å². The molecule has 2 heterocycles. The van der Waals surface area contributed by atoms with Crippen LogP contribution in [0.2, 0.25) is 0 Å². The van der Waals surface area contributed by atoms with E-state index in [1.807, 2.05) is 48.5 Å². The number of aromatic nitrogens is 1. The van der Waals surface area contributed by atoms with Crippen LogP contribution in [0.4, 0.5) is 16.5 Å². The Morgan fingerprint density at radius 3 is 2.52 bits per heavy atom. The largest absolute Gasteiger partial charge is 0.363 e. The van der Waals surface area contributed by atoms with Crippen molar-refractivity contribution in [3.05, 3.63) is 69.1 Å². The number of hydrogen-bond donors (Lipinski definition) is 1. The molecule has 4 rings (SSSR count). The molecule has 1 fully saturated rings. The molecule has 0 radical (unpaired) electrons. The first-order chi connectivity index (χ1) is 14.9. The van der Waals surface area contributed by atoms with E-state index in [2.05, 4.69) is 15.2 Å². The maximum Gasteiger partial charge on any atom is 0.293 e. The van der Waals surface area contributed by atoms with Crippen LogP contribution in [0.1, 0.15) is 15.9 Å². The molecule has 0 atom stereocenters. The molecule has 8 nitrogen and oxygen atoms in total. The predicted octanol–water partition coefficient (Wildman–Crippen LogP) is 4.03. The molecule has 0 aliphatic carbocycles. The summed E-state index contributed by atoms with van der Waals surface area (Å²) in [5.41, 5.74) is 3.62. The van der Waals surface area contributed by atoms with E-state index >= 15 is 0 Å². The Balaban J connectivity index is 1.51. The summed E-state index contributed by atoms with van der Waals surface area (Å²) in [6.07, 6.45) is 0. The van der Waals surface area contributed by atoms with Crippen molar-refractivity contribution in [2.45, 2.75) is 6.92 Å². The molecule has 1 aliphatic heterocycles. The number of aryl methyl sites for hydroxylation is 1. The number of hydrogen-bond acceptors (Lipinski definition) is 7. The number of nitrogens with zero attached hydrogens (tertiary/aromatic N) is 4. The molecule has 0 bridgehead atoms. The van der Waals surface area contributed by atoms with E-state index in [4.69, 9.17) is 0 Å². The second kappa shape index (κ2) is 8.83. The third-order valence-corrected chi connectivity index (χ3v) is 6.11. The van der Waals surface area contributed by atoms with Gasteiger partial charge in [-0.2, -0.15) is 0 Å². The lowest BCUT2D eigenvalue weighted by molar-refractivity contribution is -0.384. The zero-order valence-corrected chi connectivity index (χ0v) is 18.2. The average Bonchev–Trinajstić information content (AvgIpc) is 3.22. The molecule has 3 aromatic rings. The summed E-state index contributed by atoms with van der Waals surface area (Å²) in [7, 11) is 2.03. The number of carbonyl (C=O) groups is 1. The predicted molar refractivity (Wildman–Crippen MR) is 123 cm³/mol. The number of anilines is 2. The van der Waals surface area contributed by atoms with Gasteiger partial charge in [-0.15, -0.1) is 11.3 Å². The SMILES string of the molecule is Cc1ccc(-c2csc(NC(=O)c3ccc(N4CCN(C)CC4)c([N+](=O)[O-])c3)n2)cc1. The number of amides is 1. The first-order valence-electron chi connectivity index (χ1n) is 9.96. The lowest BCUT2D eigenvalue weighted by Gasteiger charge is -2.33. The minimum atomic E-state index is -0.427. The molecule has 1 aromatic heterocycles. The number of carbonyl (C=O) groups excluding carboxylic acids is 1. The second-order valence-corrected chi connectivity index (χ2v) is 8.47. The van der Waals surface area contributed by atoms with Gasteiger partial charge in [0.25, 0.3) is 11.6 Å². The first-order valence-corrected chi connectivity index (χ1v) is 10.8. The van der Waals surface area contributed by atoms with E-state index in [9.17, 15) is 14.9 Å². The lowest BCUT2D eigenvalue weighted by Crippen LogP contribution is -2.44. The molecule has 1 N–H and O–H groups in total. The Kier molecular flexibility index (Phi) is 5.97. The average molecular weight is 438 g/mol. The number of piperazine rings is 1. The van der Waals surface area contributed by atoms with Gasteiger partial charge in [0.2, 0.25) is 0 Å². The molecule has 2 aromatic carbocycles. The fourth-order valence-electron chi connectivity index (χ4n) is 3.48. The number of benzene rings is 2. The number of thiazole rings is 1. The van der Waals surface area contributed by atoms with E-state index in [1.165, 1.54) is 17.4 Å². The van der Waals surface area contributed by atoms with E-state index in [0.717, 1.165) is 29.9 Å². The summed E-state index contributed by atoms with van der Waals surface area (Å²) >= 11 is 1.32. The summed E-state index contributed by atoms with van der Waals surface area (Å²) in [5, 5.41) is 16.8. The first kappa shape index (κ1) is 21.0. The third kappa shape index (κ3) is 4.73. The molecule has 1 aliphatic rings. The van der Waals surface area contributed by atoms with Crippen molar-refractivity contribution in [2.75, 3.05) is 43.4 Å². The van der Waals surface area contributed by atoms with Crippen molar-refractivity contribution in [1.29, 1.82) is 0 Å². The Labute approximate surface area is 184 Å². The topological polar surface area (TPSA) is 91.6 Å². The molecule has 31 heavy (non-hydrogen) atoms. The highest BCUT2D eigenvalue weighted by Crippen LogP contribution is 2.31. The van der Waals surface area contributed by atoms with Crippen molar-refractivity contribution in [3.63, 3.8) is 0 Å². The number of nitrogens with one attached hydrogen (secondary N) is 1. The fourth-order valence-corrected chi connectivity index (χ4v) is 4.20. The van der Waals surface area contributed by atoms with Crippen LogP contribution in [-0.4, -0.2) is 53.9 Å². The van der Waals surface area contributed by atoms with Crippen molar-refractivity contribution in [3.8, 4) is 11.3 Å². The molecule has 1 saturated heterocycles. The van der Waals surface area contributed by atoms with Gasteiger partial charge in [0, 0.05) is 48.8 Å². The minimum Gasteiger partial charge on any atom is -0.363 e. The van der Waals surface area contributed by atoms with E-state index in [1.54, 1.807) is 12.1 Å². The van der Waals surface area contributed by atoms with E-state index in [0.29, 0.717) is 23.9 Å². The molecule has 0 spiro atoms. The van der Waals surface area contributed by atoms with E-state index in [-0.39, 0.29) is 11.3 Å². The van der Waals surface area contributed by atoms with Crippen LogP contribution in [0.15, 0.2) is 47.8 Å². The maximum absolute atomic E-state index is 12.7. The fraction of sp³-hybridized carbons (Fsp3) is 0.273. The van der Waals surface area contributed by atoms with Gasteiger partial charge in [-0.25, -0.2) is 4.98 Å². The number of likely N-dealkylation sites (N-methyl/N-ethyl adjacent to an activating group) is 1. The van der Waals surface area contributed by atoms with Crippen molar-refractivity contribution in [1.82, 2.24) is 9.88 Å². The lowest BCUT2D eigenvalue weighted by atomic mass is 10.1. The van der Waals surface area contributed by atoms with Crippen LogP contribution >= 0.6 is 11.3 Å². The van der Waals surface area contributed by atoms with Gasteiger partial charge < -0.3 is 9.80 Å². The van der Waals surface area contributed by atoms with Crippen LogP contribution in [0.3, 0.4) is 0 Å². The van der Waals surface area contributed by atoms with Crippen molar-refractivity contribution in [2.24, 2.45) is 0 Å². The van der Waals surface area contributed by atoms with Gasteiger partial charge in [-0.3, -0.25) is 20.2 Å². The minimum absolute atomic E-state index is 0.0586. The molecule has 9 heteroatoms. The summed E-state index contributed by atoms with van der Waals surface area (Å²) in [5.74, 6) is -0.419. The quantitative estimate of drug-likeness (QED) is 0.479. The Morgan fingerprint density at radius 2 is 1.84 bits per heavy atom. The molecular weight excluding hydrogens is 414 g/mol. The van der Waals surface area contributed by atoms with Gasteiger partial charge in [-0.1, -0.05) is 29.8 Å². The molecule has 0 saturated carbocycles. The highest BCUT2D eigenvalue weighted by Gasteiger charge is 2.24. The molecule has 160 valence electrons. The molecule has 0 unspecified atom stereocenters. The normalized spacial score (nSPS) is 14.5. The highest BCUT2D eigenvalue weighted by atomic mass is 32.1. The second-order valence-electron chi connectivity index (χ2n) is 7.61. The Hall–Kier alpha value is -3.30. The van der Waals surface area contributed by atoms with Crippen LogP contribution in [0, 0.1) is 17.0 Å². The van der Waals surface area contributed by atoms with Crippen LogP contribution < -0.4 is 10.2 Å². The zero-order valence-electron chi connectivity index (χ0n) is 17.4. The summed E-state index contributed by atoms with van der Waals surface area (Å²) in [6.45, 7) is 5.12. The molecule has 1 amide bonds. The Bertz CT molecular complexity index is 1100. The number of nitro groups is 1. The van der Waals surface area contributed by atoms with Gasteiger partial charge in [0.15, 0.2) is 5.13 Å². The number of rotatable bonds is 5. The summed E-state index contributed by atoms with van der Waals surface area (Å²) in [4.78, 5) is 32.6. The van der Waals surface area contributed by atoms with Crippen molar-refractivity contribution < 1.29 is 9.72 Å². The van der Waals surface area contributed by atoms with E-state index < -0.39 is 10.8 Å². The highest BCUT2D eigenvalue weighted by molar-refractivity contribution is 7.14. The van der Waals surface area contributed by atoms with Gasteiger partial charge in [0.1, 0.15) is 5.69 Å². The van der Waals surface area contributed by atoms with Crippen LogP contribution in [0.5, 0.6) is 0 Å². The van der Waals surface area contributed by atoms with Crippen molar-refractivity contribution >= 4 is 33.8 Å². The van der Waals surface area contributed by atoms with Gasteiger partial charge in [0.05, 0.1) is 10.6 Å². The zero-order chi connectivity index (χ0) is 22.0. The summed E-state index contributed by atoms with van der Waals surface area (Å²) < 4.78 is 0. The monoisotopic (exact) mass is 437 g/mol. The van der Waals surface area contributed by atoms with Crippen LogP contribution in [0.25, 0.3) is 11.3 Å². The standard InChI is InChI=1S/C22H23N5O3S/c1-15-3-5-16(6-4-15)18-14-31-22(23-18)24-21(28)17-7-8-19(20(13-17)27(29)30)26-11-9-25(2)10-12-26/h3-8,13-14H,9-12H2,1-2H3,(H,23,24,28). The third-order valence-electron chi connectivity index (χ3n) is 5.35. The molecular formula is C22H23N5O3S.